The van der Waals surface area contributed by atoms with Gasteiger partial charge in [-0.05, 0) is 40.5 Å². The highest BCUT2D eigenvalue weighted by molar-refractivity contribution is 5.80. The van der Waals surface area contributed by atoms with Crippen LogP contribution in [0.4, 0.5) is 18.0 Å². The number of carbonyl (C=O) groups is 2. The maximum Gasteiger partial charge on any atom is 0.406 e. The quantitative estimate of drug-likeness (QED) is 0.820. The second-order valence-electron chi connectivity index (χ2n) is 6.46. The number of carboxylic acids is 1. The van der Waals surface area contributed by atoms with E-state index in [1.54, 1.807) is 0 Å². The Morgan fingerprint density at radius 3 is 2.00 bits per heavy atom. The third-order valence-corrected chi connectivity index (χ3v) is 4.11. The number of nitrogens with zero attached hydrogens (tertiary/aromatic N) is 1. The predicted molar refractivity (Wildman–Crippen MR) is 69.8 cm³/mol. The van der Waals surface area contributed by atoms with Crippen LogP contribution in [-0.4, -0.2) is 46.3 Å². The number of hydrogen-bond donors (Lipinski definition) is 2. The molecule has 0 bridgehead atoms. The van der Waals surface area contributed by atoms with Crippen LogP contribution < -0.4 is 5.32 Å². The highest BCUT2D eigenvalue weighted by Crippen LogP contribution is 2.33. The van der Waals surface area contributed by atoms with Crippen molar-refractivity contribution in [3.63, 3.8) is 0 Å². The van der Waals surface area contributed by atoms with E-state index in [4.69, 9.17) is 0 Å². The number of rotatable bonds is 5. The van der Waals surface area contributed by atoms with Crippen LogP contribution in [-0.2, 0) is 4.79 Å². The molecule has 1 aliphatic carbocycles. The average Bonchev–Trinajstić information content (AvgIpc) is 3.06. The summed E-state index contributed by atoms with van der Waals surface area (Å²) < 4.78 is 37.6. The molecule has 0 heterocycles. The number of carboxylic acid groups (broad SMARTS) is 1. The van der Waals surface area contributed by atoms with E-state index in [1.807, 2.05) is 0 Å². The number of carbonyl (C=O) groups excluding carboxylic acids is 1. The Hall–Kier alpha value is -1.47. The van der Waals surface area contributed by atoms with E-state index >= 15 is 0 Å². The summed E-state index contributed by atoms with van der Waals surface area (Å²) in [4.78, 5) is 24.1. The first-order valence-electron chi connectivity index (χ1n) is 6.67. The number of amides is 2. The smallest absolute Gasteiger partial charge is 0.406 e. The van der Waals surface area contributed by atoms with Crippen LogP contribution in [0.15, 0.2) is 0 Å². The molecule has 1 rings (SSSR count). The second kappa shape index (κ2) is 5.38. The van der Waals surface area contributed by atoms with Crippen LogP contribution in [0.3, 0.4) is 0 Å². The Balaban J connectivity index is 2.84. The first kappa shape index (κ1) is 17.6. The summed E-state index contributed by atoms with van der Waals surface area (Å²) in [6.07, 6.45) is -3.41. The van der Waals surface area contributed by atoms with Crippen molar-refractivity contribution in [2.75, 3.05) is 6.54 Å². The normalized spacial score (nSPS) is 16.5. The zero-order chi connectivity index (χ0) is 16.6. The van der Waals surface area contributed by atoms with Crippen LogP contribution in [0, 0.1) is 5.41 Å². The summed E-state index contributed by atoms with van der Waals surface area (Å²) in [6.45, 7) is 4.48. The molecule has 0 unspecified atom stereocenters. The van der Waals surface area contributed by atoms with Crippen molar-refractivity contribution in [3.8, 4) is 0 Å². The summed E-state index contributed by atoms with van der Waals surface area (Å²) in [5, 5.41) is 11.6. The summed E-state index contributed by atoms with van der Waals surface area (Å²) in [5.41, 5.74) is -2.52. The van der Waals surface area contributed by atoms with E-state index in [-0.39, 0.29) is 0 Å². The molecule has 0 aromatic heterocycles. The molecule has 2 N–H and O–H groups in total. The lowest BCUT2D eigenvalue weighted by atomic mass is 9.74. The van der Waals surface area contributed by atoms with Crippen LogP contribution in [0.5, 0.6) is 0 Å². The van der Waals surface area contributed by atoms with Gasteiger partial charge in [-0.1, -0.05) is 0 Å². The molecule has 1 saturated carbocycles. The molecular formula is C13H21F3N2O3. The van der Waals surface area contributed by atoms with Gasteiger partial charge in [-0.25, -0.2) is 4.79 Å². The van der Waals surface area contributed by atoms with Crippen LogP contribution >= 0.6 is 0 Å². The van der Waals surface area contributed by atoms with Crippen molar-refractivity contribution < 1.29 is 27.9 Å². The molecule has 0 aliphatic heterocycles. The summed E-state index contributed by atoms with van der Waals surface area (Å²) in [7, 11) is 0. The van der Waals surface area contributed by atoms with Crippen molar-refractivity contribution in [2.24, 2.45) is 5.41 Å². The van der Waals surface area contributed by atoms with Crippen LogP contribution in [0.2, 0.25) is 0 Å². The molecule has 0 radical (unpaired) electrons. The molecule has 0 aromatic rings. The fraction of sp³-hybridized carbons (Fsp3) is 0.846. The zero-order valence-electron chi connectivity index (χ0n) is 12.5. The zero-order valence-corrected chi connectivity index (χ0v) is 12.5. The monoisotopic (exact) mass is 310 g/mol. The minimum atomic E-state index is -4.48. The van der Waals surface area contributed by atoms with E-state index in [2.05, 4.69) is 5.32 Å². The van der Waals surface area contributed by atoms with Gasteiger partial charge in [-0.2, -0.15) is 13.2 Å². The Bertz CT molecular complexity index is 429. The lowest BCUT2D eigenvalue weighted by molar-refractivity contribution is -0.151. The molecule has 5 nitrogen and oxygen atoms in total. The number of urea groups is 1. The molecule has 0 aromatic carbocycles. The maximum atomic E-state index is 12.5. The second-order valence-corrected chi connectivity index (χ2v) is 6.46. The van der Waals surface area contributed by atoms with Gasteiger partial charge in [0, 0.05) is 6.04 Å². The fourth-order valence-corrected chi connectivity index (χ4v) is 1.71. The van der Waals surface area contributed by atoms with Gasteiger partial charge in [0.2, 0.25) is 0 Å². The molecule has 0 saturated heterocycles. The van der Waals surface area contributed by atoms with Crippen molar-refractivity contribution in [1.82, 2.24) is 10.2 Å². The molecule has 0 spiro atoms. The number of halogens is 3. The average molecular weight is 310 g/mol. The molecule has 21 heavy (non-hydrogen) atoms. The summed E-state index contributed by atoms with van der Waals surface area (Å²) >= 11 is 0. The van der Waals surface area contributed by atoms with E-state index in [0.717, 1.165) is 4.90 Å². The summed E-state index contributed by atoms with van der Waals surface area (Å²) in [6, 6.07) is -1.30. The third-order valence-electron chi connectivity index (χ3n) is 4.11. The first-order chi connectivity index (χ1) is 9.28. The van der Waals surface area contributed by atoms with Gasteiger partial charge in [0.25, 0.3) is 0 Å². The molecule has 122 valence electrons. The van der Waals surface area contributed by atoms with Crippen LogP contribution in [0.25, 0.3) is 0 Å². The van der Waals surface area contributed by atoms with Crippen LogP contribution in [0.1, 0.15) is 40.5 Å². The largest absolute Gasteiger partial charge is 0.481 e. The molecule has 8 heteroatoms. The maximum absolute atomic E-state index is 12.5. The van der Waals surface area contributed by atoms with Gasteiger partial charge < -0.3 is 15.3 Å². The Morgan fingerprint density at radius 2 is 1.67 bits per heavy atom. The number of nitrogens with one attached hydrogen (secondary N) is 1. The van der Waals surface area contributed by atoms with E-state index in [1.165, 1.54) is 27.7 Å². The molecule has 1 fully saturated rings. The SMILES string of the molecule is CC(C)(NC(=O)N(CC(F)(F)F)C1CC1)C(C)(C)C(=O)O. The minimum Gasteiger partial charge on any atom is -0.481 e. The van der Waals surface area contributed by atoms with Gasteiger partial charge in [0.1, 0.15) is 6.54 Å². The topological polar surface area (TPSA) is 69.6 Å². The fourth-order valence-electron chi connectivity index (χ4n) is 1.71. The molecule has 0 atom stereocenters. The summed E-state index contributed by atoms with van der Waals surface area (Å²) in [5.74, 6) is -1.14. The highest BCUT2D eigenvalue weighted by atomic mass is 19.4. The Kier molecular flexibility index (Phi) is 4.51. The molecule has 2 amide bonds. The minimum absolute atomic E-state index is 0.421. The van der Waals surface area contributed by atoms with Crippen molar-refractivity contribution >= 4 is 12.0 Å². The van der Waals surface area contributed by atoms with Crippen molar-refractivity contribution in [2.45, 2.75) is 58.3 Å². The molecular weight excluding hydrogens is 289 g/mol. The van der Waals surface area contributed by atoms with Gasteiger partial charge in [-0.15, -0.1) is 0 Å². The predicted octanol–water partition coefficient (Wildman–Crippen LogP) is 2.61. The lowest BCUT2D eigenvalue weighted by Gasteiger charge is -2.40. The standard InChI is InChI=1S/C13H21F3N2O3/c1-11(2,9(19)20)12(3,4)17-10(21)18(8-5-6-8)7-13(14,15)16/h8H,5-7H2,1-4H3,(H,17,21)(H,19,20). The van der Waals surface area contributed by atoms with E-state index in [0.29, 0.717) is 12.8 Å². The van der Waals surface area contributed by atoms with E-state index < -0.39 is 41.7 Å². The lowest BCUT2D eigenvalue weighted by Crippen LogP contribution is -2.60. The first-order valence-corrected chi connectivity index (χ1v) is 6.67. The molecule has 1 aliphatic rings. The van der Waals surface area contributed by atoms with Crippen molar-refractivity contribution in [1.29, 1.82) is 0 Å². The van der Waals surface area contributed by atoms with Gasteiger partial charge in [-0.3, -0.25) is 4.79 Å². The van der Waals surface area contributed by atoms with Crippen molar-refractivity contribution in [3.05, 3.63) is 0 Å². The van der Waals surface area contributed by atoms with E-state index in [9.17, 15) is 27.9 Å². The highest BCUT2D eigenvalue weighted by Gasteiger charge is 2.47. The van der Waals surface area contributed by atoms with Gasteiger partial charge >= 0.3 is 18.2 Å². The van der Waals surface area contributed by atoms with Gasteiger partial charge in [0.05, 0.1) is 11.0 Å². The number of alkyl halides is 3. The number of hydrogen-bond acceptors (Lipinski definition) is 2. The number of aliphatic carboxylic acids is 1. The Labute approximate surface area is 121 Å². The Morgan fingerprint density at radius 1 is 1.19 bits per heavy atom. The third kappa shape index (κ3) is 4.25. The van der Waals surface area contributed by atoms with Gasteiger partial charge in [0.15, 0.2) is 0 Å².